The SMILES string of the molecule is C=C(C)N(C)C1=C(\C(CCC)Cc2ccc(O)c(C)c2)C(C)C/C=C(NC)/N=C\1c1ccco1. The number of hydrogen-bond acceptors (Lipinski definition) is 5. The summed E-state index contributed by atoms with van der Waals surface area (Å²) in [6, 6.07) is 9.84. The van der Waals surface area contributed by atoms with Crippen LogP contribution in [0.15, 0.2) is 81.4 Å². The number of benzene rings is 1. The third-order valence-corrected chi connectivity index (χ3v) is 6.66. The summed E-state index contributed by atoms with van der Waals surface area (Å²) >= 11 is 0. The molecule has 0 fully saturated rings. The van der Waals surface area contributed by atoms with Crippen LogP contribution in [0.4, 0.5) is 0 Å². The Labute approximate surface area is 204 Å². The first-order chi connectivity index (χ1) is 16.3. The number of phenols is 1. The molecule has 2 atom stereocenters. The van der Waals surface area contributed by atoms with Crippen LogP contribution in [0.25, 0.3) is 0 Å². The van der Waals surface area contributed by atoms with Crippen molar-refractivity contribution < 1.29 is 9.52 Å². The summed E-state index contributed by atoms with van der Waals surface area (Å²) in [6.07, 6.45) is 7.80. The number of aliphatic imine (C=N–C) groups is 1. The fourth-order valence-electron chi connectivity index (χ4n) is 4.73. The van der Waals surface area contributed by atoms with Crippen molar-refractivity contribution in [1.82, 2.24) is 10.2 Å². The van der Waals surface area contributed by atoms with E-state index in [9.17, 15) is 5.11 Å². The standard InChI is InChI=1S/C29H39N3O2/c1-8-10-23(18-22-13-14-24(33)21(5)17-22)27-20(4)12-15-26(30-6)31-28(25-11-9-16-34-25)29(27)32(7)19(2)3/h9,11,13-17,20,23,30,33H,2,8,10,12,18H2,1,3-7H3/b26-15+,29-27-,31-28-. The third kappa shape index (κ3) is 5.64. The first-order valence-electron chi connectivity index (χ1n) is 12.2. The van der Waals surface area contributed by atoms with E-state index < -0.39 is 0 Å². The molecule has 1 aromatic carbocycles. The van der Waals surface area contributed by atoms with Gasteiger partial charge in [-0.2, -0.15) is 0 Å². The molecule has 0 bridgehead atoms. The van der Waals surface area contributed by atoms with Gasteiger partial charge in [-0.25, -0.2) is 4.99 Å². The first kappa shape index (κ1) is 25.4. The van der Waals surface area contributed by atoms with E-state index in [1.165, 1.54) is 11.1 Å². The fourth-order valence-corrected chi connectivity index (χ4v) is 4.73. The average molecular weight is 462 g/mol. The van der Waals surface area contributed by atoms with E-state index >= 15 is 0 Å². The van der Waals surface area contributed by atoms with Gasteiger partial charge in [0.2, 0.25) is 0 Å². The van der Waals surface area contributed by atoms with Gasteiger partial charge in [-0.1, -0.05) is 39.0 Å². The van der Waals surface area contributed by atoms with Crippen LogP contribution in [-0.2, 0) is 6.42 Å². The van der Waals surface area contributed by atoms with Gasteiger partial charge >= 0.3 is 0 Å². The second kappa shape index (κ2) is 11.3. The molecule has 5 nitrogen and oxygen atoms in total. The van der Waals surface area contributed by atoms with E-state index in [1.54, 1.807) is 6.26 Å². The molecule has 0 saturated heterocycles. The van der Waals surface area contributed by atoms with Crippen LogP contribution in [-0.4, -0.2) is 29.8 Å². The Bertz CT molecular complexity index is 1090. The molecule has 2 heterocycles. The largest absolute Gasteiger partial charge is 0.508 e. The summed E-state index contributed by atoms with van der Waals surface area (Å²) in [4.78, 5) is 7.20. The molecule has 0 saturated carbocycles. The molecule has 0 aliphatic carbocycles. The van der Waals surface area contributed by atoms with Crippen LogP contribution in [0.5, 0.6) is 5.75 Å². The van der Waals surface area contributed by atoms with Crippen LogP contribution in [0.1, 0.15) is 56.9 Å². The van der Waals surface area contributed by atoms with E-state index in [-0.39, 0.29) is 0 Å². The Balaban J connectivity index is 2.26. The van der Waals surface area contributed by atoms with Crippen LogP contribution < -0.4 is 5.32 Å². The number of furan rings is 1. The molecule has 3 rings (SSSR count). The number of likely N-dealkylation sites (N-methyl/N-ethyl adjacent to an activating group) is 1. The molecule has 1 aromatic heterocycles. The Morgan fingerprint density at radius 3 is 2.71 bits per heavy atom. The Kier molecular flexibility index (Phi) is 8.43. The number of nitrogens with zero attached hydrogens (tertiary/aromatic N) is 2. The Morgan fingerprint density at radius 2 is 2.12 bits per heavy atom. The van der Waals surface area contributed by atoms with E-state index in [2.05, 4.69) is 49.8 Å². The van der Waals surface area contributed by atoms with Crippen molar-refractivity contribution in [2.45, 2.75) is 53.4 Å². The van der Waals surface area contributed by atoms with E-state index in [4.69, 9.17) is 9.41 Å². The van der Waals surface area contributed by atoms with Gasteiger partial charge in [-0.15, -0.1) is 0 Å². The summed E-state index contributed by atoms with van der Waals surface area (Å²) in [5, 5.41) is 13.3. The fraction of sp³-hybridized carbons (Fsp3) is 0.414. The molecule has 2 N–H and O–H groups in total. The summed E-state index contributed by atoms with van der Waals surface area (Å²) < 4.78 is 5.89. The monoisotopic (exact) mass is 461 g/mol. The number of phenolic OH excluding ortho intramolecular Hbond substituents is 1. The van der Waals surface area contributed by atoms with Gasteiger partial charge in [0.15, 0.2) is 5.76 Å². The van der Waals surface area contributed by atoms with Gasteiger partial charge in [0.1, 0.15) is 17.3 Å². The second-order valence-electron chi connectivity index (χ2n) is 9.32. The lowest BCUT2D eigenvalue weighted by molar-refractivity contribution is 0.441. The zero-order valence-corrected chi connectivity index (χ0v) is 21.5. The number of aryl methyl sites for hydroxylation is 1. The first-order valence-corrected chi connectivity index (χ1v) is 12.2. The molecule has 0 spiro atoms. The van der Waals surface area contributed by atoms with Crippen molar-refractivity contribution in [3.8, 4) is 5.75 Å². The number of nitrogens with one attached hydrogen (secondary N) is 1. The van der Waals surface area contributed by atoms with Gasteiger partial charge in [0, 0.05) is 19.8 Å². The number of rotatable bonds is 9. The molecule has 5 heteroatoms. The van der Waals surface area contributed by atoms with Crippen LogP contribution >= 0.6 is 0 Å². The van der Waals surface area contributed by atoms with E-state index in [0.717, 1.165) is 59.9 Å². The molecule has 0 amide bonds. The molecule has 1 aliphatic rings. The van der Waals surface area contributed by atoms with Gasteiger partial charge in [-0.3, -0.25) is 0 Å². The second-order valence-corrected chi connectivity index (χ2v) is 9.32. The number of allylic oxidation sites excluding steroid dienone is 4. The number of hydrogen-bond donors (Lipinski definition) is 2. The highest BCUT2D eigenvalue weighted by Gasteiger charge is 2.31. The zero-order chi connectivity index (χ0) is 24.8. The van der Waals surface area contributed by atoms with Crippen molar-refractivity contribution in [2.24, 2.45) is 16.8 Å². The van der Waals surface area contributed by atoms with E-state index in [1.807, 2.05) is 45.2 Å². The maximum Gasteiger partial charge on any atom is 0.154 e. The summed E-state index contributed by atoms with van der Waals surface area (Å²) in [7, 11) is 3.97. The topological polar surface area (TPSA) is 61.0 Å². The minimum absolute atomic E-state index is 0.301. The Hall–Kier alpha value is -3.21. The van der Waals surface area contributed by atoms with Crippen molar-refractivity contribution in [2.75, 3.05) is 14.1 Å². The molecule has 2 aromatic rings. The molecule has 0 radical (unpaired) electrons. The van der Waals surface area contributed by atoms with Gasteiger partial charge < -0.3 is 19.7 Å². The summed E-state index contributed by atoms with van der Waals surface area (Å²) in [6.45, 7) is 12.8. The van der Waals surface area contributed by atoms with E-state index in [0.29, 0.717) is 17.6 Å². The van der Waals surface area contributed by atoms with Crippen LogP contribution in [0.3, 0.4) is 0 Å². The van der Waals surface area contributed by atoms with Gasteiger partial charge in [0.25, 0.3) is 0 Å². The van der Waals surface area contributed by atoms with Gasteiger partial charge in [-0.05, 0) is 85.9 Å². The molecule has 2 unspecified atom stereocenters. The highest BCUT2D eigenvalue weighted by Crippen LogP contribution is 2.37. The molecular formula is C29H39N3O2. The van der Waals surface area contributed by atoms with Gasteiger partial charge in [0.05, 0.1) is 12.0 Å². The van der Waals surface area contributed by atoms with Crippen LogP contribution in [0, 0.1) is 18.8 Å². The smallest absolute Gasteiger partial charge is 0.154 e. The molecule has 1 aliphatic heterocycles. The normalized spacial score (nSPS) is 22.6. The highest BCUT2D eigenvalue weighted by molar-refractivity contribution is 6.11. The third-order valence-electron chi connectivity index (χ3n) is 6.66. The maximum absolute atomic E-state index is 10.0. The molecular weight excluding hydrogens is 422 g/mol. The Morgan fingerprint density at radius 1 is 1.35 bits per heavy atom. The average Bonchev–Trinajstić information content (AvgIpc) is 3.33. The minimum Gasteiger partial charge on any atom is -0.508 e. The van der Waals surface area contributed by atoms with Crippen molar-refractivity contribution in [1.29, 1.82) is 0 Å². The lowest BCUT2D eigenvalue weighted by Crippen LogP contribution is -2.30. The molecule has 182 valence electrons. The predicted molar refractivity (Wildman–Crippen MR) is 141 cm³/mol. The van der Waals surface area contributed by atoms with Crippen molar-refractivity contribution in [3.05, 3.63) is 88.9 Å². The summed E-state index contributed by atoms with van der Waals surface area (Å²) in [5.41, 5.74) is 6.36. The molecule has 34 heavy (non-hydrogen) atoms. The lowest BCUT2D eigenvalue weighted by atomic mass is 9.78. The highest BCUT2D eigenvalue weighted by atomic mass is 16.3. The summed E-state index contributed by atoms with van der Waals surface area (Å²) in [5.74, 6) is 2.53. The van der Waals surface area contributed by atoms with Crippen molar-refractivity contribution >= 4 is 5.71 Å². The maximum atomic E-state index is 10.0. The zero-order valence-electron chi connectivity index (χ0n) is 21.5. The quantitative estimate of drug-likeness (QED) is 0.444. The lowest BCUT2D eigenvalue weighted by Gasteiger charge is -2.34. The minimum atomic E-state index is 0.301. The van der Waals surface area contributed by atoms with Crippen molar-refractivity contribution in [3.63, 3.8) is 0 Å². The predicted octanol–water partition coefficient (Wildman–Crippen LogP) is 6.56. The number of aromatic hydroxyl groups is 1. The van der Waals surface area contributed by atoms with Crippen LogP contribution in [0.2, 0.25) is 0 Å².